The average molecular weight is 191 g/mol. The van der Waals surface area contributed by atoms with E-state index in [-0.39, 0.29) is 0 Å². The highest BCUT2D eigenvalue weighted by Gasteiger charge is 1.97. The van der Waals surface area contributed by atoms with Gasteiger partial charge in [0.05, 0.1) is 7.11 Å². The number of nitrogens with zero attached hydrogens (tertiary/aromatic N) is 1. The van der Waals surface area contributed by atoms with Crippen molar-refractivity contribution in [1.29, 1.82) is 0 Å². The summed E-state index contributed by atoms with van der Waals surface area (Å²) in [6.07, 6.45) is 6.45. The number of aromatic nitrogens is 1. The molecule has 1 heterocycles. The molecule has 4 nitrogen and oxygen atoms in total. The molecule has 0 aliphatic heterocycles. The van der Waals surface area contributed by atoms with Crippen molar-refractivity contribution in [3.63, 3.8) is 0 Å². The average Bonchev–Trinajstić information content (AvgIpc) is 2.26. The molecule has 0 atom stereocenters. The van der Waals surface area contributed by atoms with Crippen LogP contribution in [0.3, 0.4) is 0 Å². The van der Waals surface area contributed by atoms with Gasteiger partial charge < -0.3 is 4.74 Å². The second kappa shape index (κ2) is 4.91. The maximum absolute atomic E-state index is 10.8. The molecule has 14 heavy (non-hydrogen) atoms. The molecule has 0 saturated heterocycles. The van der Waals surface area contributed by atoms with Crippen LogP contribution >= 0.6 is 0 Å². The summed E-state index contributed by atoms with van der Waals surface area (Å²) < 4.78 is 4.41. The van der Waals surface area contributed by atoms with Crippen molar-refractivity contribution in [1.82, 2.24) is 4.98 Å². The number of pyridine rings is 1. The van der Waals surface area contributed by atoms with Crippen molar-refractivity contribution in [3.05, 3.63) is 35.7 Å². The van der Waals surface area contributed by atoms with Crippen LogP contribution in [0.4, 0.5) is 0 Å². The van der Waals surface area contributed by atoms with Gasteiger partial charge >= 0.3 is 5.97 Å². The van der Waals surface area contributed by atoms with E-state index in [1.165, 1.54) is 31.7 Å². The van der Waals surface area contributed by atoms with E-state index in [0.29, 0.717) is 17.4 Å². The number of aldehydes is 1. The minimum atomic E-state index is -0.467. The predicted molar refractivity (Wildman–Crippen MR) is 50.7 cm³/mol. The van der Waals surface area contributed by atoms with Gasteiger partial charge in [0.15, 0.2) is 6.29 Å². The zero-order valence-electron chi connectivity index (χ0n) is 7.64. The zero-order chi connectivity index (χ0) is 10.4. The van der Waals surface area contributed by atoms with Crippen LogP contribution in [-0.4, -0.2) is 24.3 Å². The zero-order valence-corrected chi connectivity index (χ0v) is 7.64. The van der Waals surface area contributed by atoms with Gasteiger partial charge in [-0.15, -0.1) is 0 Å². The minimum absolute atomic E-state index is 0.467. The lowest BCUT2D eigenvalue weighted by Gasteiger charge is -1.95. The van der Waals surface area contributed by atoms with Gasteiger partial charge in [-0.3, -0.25) is 9.78 Å². The highest BCUT2D eigenvalue weighted by atomic mass is 16.5. The molecule has 0 spiro atoms. The van der Waals surface area contributed by atoms with E-state index in [0.717, 1.165) is 0 Å². The van der Waals surface area contributed by atoms with E-state index in [1.807, 2.05) is 0 Å². The van der Waals surface area contributed by atoms with Crippen molar-refractivity contribution in [3.8, 4) is 0 Å². The molecular weight excluding hydrogens is 182 g/mol. The lowest BCUT2D eigenvalue weighted by Crippen LogP contribution is -1.94. The SMILES string of the molecule is COC(=O)C=Cc1cnccc1C=O. The fraction of sp³-hybridized carbons (Fsp3) is 0.100. The van der Waals surface area contributed by atoms with Crippen LogP contribution in [0, 0.1) is 0 Å². The molecule has 1 aromatic heterocycles. The van der Waals surface area contributed by atoms with Crippen molar-refractivity contribution < 1.29 is 14.3 Å². The molecular formula is C10H9NO3. The van der Waals surface area contributed by atoms with Crippen LogP contribution in [0.25, 0.3) is 6.08 Å². The van der Waals surface area contributed by atoms with Crippen molar-refractivity contribution in [2.75, 3.05) is 7.11 Å². The summed E-state index contributed by atoms with van der Waals surface area (Å²) in [6, 6.07) is 1.57. The van der Waals surface area contributed by atoms with Gasteiger partial charge in [-0.05, 0) is 12.1 Å². The van der Waals surface area contributed by atoms with Gasteiger partial charge in [0.25, 0.3) is 0 Å². The molecule has 0 saturated carbocycles. The van der Waals surface area contributed by atoms with Crippen LogP contribution in [0.1, 0.15) is 15.9 Å². The molecule has 72 valence electrons. The smallest absolute Gasteiger partial charge is 0.330 e. The monoisotopic (exact) mass is 191 g/mol. The number of hydrogen-bond acceptors (Lipinski definition) is 4. The molecule has 0 N–H and O–H groups in total. The molecule has 0 aliphatic rings. The summed E-state index contributed by atoms with van der Waals surface area (Å²) in [4.78, 5) is 25.2. The molecule has 0 aromatic carbocycles. The first-order valence-electron chi connectivity index (χ1n) is 3.93. The van der Waals surface area contributed by atoms with Gasteiger partial charge in [-0.25, -0.2) is 4.79 Å². The number of hydrogen-bond donors (Lipinski definition) is 0. The molecule has 1 rings (SSSR count). The fourth-order valence-electron chi connectivity index (χ4n) is 0.890. The molecule has 0 radical (unpaired) electrons. The summed E-state index contributed by atoms with van der Waals surface area (Å²) >= 11 is 0. The lowest BCUT2D eigenvalue weighted by molar-refractivity contribution is -0.134. The van der Waals surface area contributed by atoms with Gasteiger partial charge in [0.2, 0.25) is 0 Å². The molecule has 0 unspecified atom stereocenters. The summed E-state index contributed by atoms with van der Waals surface area (Å²) in [5.74, 6) is -0.467. The number of carbonyl (C=O) groups is 2. The Bertz CT molecular complexity index is 371. The topological polar surface area (TPSA) is 56.3 Å². The Morgan fingerprint density at radius 2 is 2.29 bits per heavy atom. The Hall–Kier alpha value is -1.97. The Morgan fingerprint density at radius 1 is 1.50 bits per heavy atom. The number of carbonyl (C=O) groups excluding carboxylic acids is 2. The number of ether oxygens (including phenoxy) is 1. The third kappa shape index (κ3) is 2.52. The summed E-state index contributed by atoms with van der Waals surface area (Å²) in [5, 5.41) is 0. The standard InChI is InChI=1S/C10H9NO3/c1-14-10(13)3-2-8-6-11-5-4-9(8)7-12/h2-7H,1H3. The Balaban J connectivity index is 2.90. The lowest BCUT2D eigenvalue weighted by atomic mass is 10.1. The first-order valence-corrected chi connectivity index (χ1v) is 3.93. The highest BCUT2D eigenvalue weighted by molar-refractivity contribution is 5.89. The van der Waals surface area contributed by atoms with E-state index in [9.17, 15) is 9.59 Å². The first kappa shape index (κ1) is 10.1. The van der Waals surface area contributed by atoms with Crippen LogP contribution in [0.5, 0.6) is 0 Å². The summed E-state index contributed by atoms with van der Waals surface area (Å²) in [6.45, 7) is 0. The summed E-state index contributed by atoms with van der Waals surface area (Å²) in [7, 11) is 1.29. The maximum Gasteiger partial charge on any atom is 0.330 e. The first-order chi connectivity index (χ1) is 6.77. The van der Waals surface area contributed by atoms with Crippen molar-refractivity contribution >= 4 is 18.3 Å². The van der Waals surface area contributed by atoms with Gasteiger partial charge in [-0.2, -0.15) is 0 Å². The van der Waals surface area contributed by atoms with E-state index in [2.05, 4.69) is 9.72 Å². The second-order valence-corrected chi connectivity index (χ2v) is 2.48. The molecule has 0 aliphatic carbocycles. The Kier molecular flexibility index (Phi) is 3.55. The molecule has 0 amide bonds. The van der Waals surface area contributed by atoms with Crippen LogP contribution in [0.15, 0.2) is 24.5 Å². The van der Waals surface area contributed by atoms with Gasteiger partial charge in [-0.1, -0.05) is 0 Å². The fourth-order valence-corrected chi connectivity index (χ4v) is 0.890. The Labute approximate surface area is 81.2 Å². The number of esters is 1. The largest absolute Gasteiger partial charge is 0.466 e. The minimum Gasteiger partial charge on any atom is -0.466 e. The van der Waals surface area contributed by atoms with E-state index >= 15 is 0 Å². The maximum atomic E-state index is 10.8. The quantitative estimate of drug-likeness (QED) is 0.407. The Morgan fingerprint density at radius 3 is 2.93 bits per heavy atom. The van der Waals surface area contributed by atoms with E-state index < -0.39 is 5.97 Å². The third-order valence-electron chi connectivity index (χ3n) is 1.61. The van der Waals surface area contributed by atoms with E-state index in [4.69, 9.17) is 0 Å². The highest BCUT2D eigenvalue weighted by Crippen LogP contribution is 2.06. The predicted octanol–water partition coefficient (Wildman–Crippen LogP) is 1.08. The van der Waals surface area contributed by atoms with Crippen molar-refractivity contribution in [2.45, 2.75) is 0 Å². The number of rotatable bonds is 3. The van der Waals surface area contributed by atoms with Crippen LogP contribution in [0.2, 0.25) is 0 Å². The molecule has 0 fully saturated rings. The van der Waals surface area contributed by atoms with Gasteiger partial charge in [0.1, 0.15) is 0 Å². The van der Waals surface area contributed by atoms with Crippen LogP contribution < -0.4 is 0 Å². The third-order valence-corrected chi connectivity index (χ3v) is 1.61. The number of methoxy groups -OCH3 is 1. The molecule has 1 aromatic rings. The van der Waals surface area contributed by atoms with Gasteiger partial charge in [0, 0.05) is 29.6 Å². The summed E-state index contributed by atoms with van der Waals surface area (Å²) in [5.41, 5.74) is 1.08. The molecule has 4 heteroatoms. The molecule has 0 bridgehead atoms. The normalized spacial score (nSPS) is 10.1. The second-order valence-electron chi connectivity index (χ2n) is 2.48. The van der Waals surface area contributed by atoms with Crippen LogP contribution in [-0.2, 0) is 9.53 Å². The van der Waals surface area contributed by atoms with Crippen molar-refractivity contribution in [2.24, 2.45) is 0 Å². The van der Waals surface area contributed by atoms with E-state index in [1.54, 1.807) is 6.07 Å².